The Morgan fingerprint density at radius 1 is 1.33 bits per heavy atom. The molecular weight excluding hydrogens is 224 g/mol. The molecule has 1 saturated carbocycles. The van der Waals surface area contributed by atoms with E-state index in [1.807, 2.05) is 24.4 Å². The molecule has 0 amide bonds. The third-order valence-corrected chi connectivity index (χ3v) is 3.00. The number of hydrogen-bond donors (Lipinski definition) is 1. The van der Waals surface area contributed by atoms with Gasteiger partial charge in [0.15, 0.2) is 0 Å². The first-order valence-corrected chi connectivity index (χ1v) is 6.40. The van der Waals surface area contributed by atoms with Crippen molar-refractivity contribution in [3.05, 3.63) is 36.4 Å². The summed E-state index contributed by atoms with van der Waals surface area (Å²) in [4.78, 5) is 13.4. The standard InChI is InChI=1S/C14H16N4/c1-2-16-13-8-12(11-4-3-7-15-9-11)17-14(18-13)10-5-6-10/h3-4,7-10H,2,5-6H2,1H3,(H,16,17,18). The summed E-state index contributed by atoms with van der Waals surface area (Å²) in [5.41, 5.74) is 2.00. The Bertz CT molecular complexity index is 535. The molecule has 4 nitrogen and oxygen atoms in total. The normalized spacial score (nSPS) is 14.5. The summed E-state index contributed by atoms with van der Waals surface area (Å²) < 4.78 is 0. The largest absolute Gasteiger partial charge is 0.370 e. The van der Waals surface area contributed by atoms with E-state index in [4.69, 9.17) is 0 Å². The lowest BCUT2D eigenvalue weighted by atomic mass is 10.2. The Balaban J connectivity index is 2.02. The minimum absolute atomic E-state index is 0.555. The van der Waals surface area contributed by atoms with Gasteiger partial charge >= 0.3 is 0 Å². The molecule has 18 heavy (non-hydrogen) atoms. The number of nitrogens with zero attached hydrogens (tertiary/aromatic N) is 3. The Morgan fingerprint density at radius 2 is 2.22 bits per heavy atom. The highest BCUT2D eigenvalue weighted by atomic mass is 15.0. The zero-order valence-electron chi connectivity index (χ0n) is 10.4. The molecule has 0 radical (unpaired) electrons. The molecule has 0 aromatic carbocycles. The number of rotatable bonds is 4. The summed E-state index contributed by atoms with van der Waals surface area (Å²) in [6.07, 6.45) is 6.04. The maximum atomic E-state index is 4.66. The van der Waals surface area contributed by atoms with E-state index in [9.17, 15) is 0 Å². The molecule has 3 rings (SSSR count). The van der Waals surface area contributed by atoms with Gasteiger partial charge in [-0.3, -0.25) is 4.98 Å². The van der Waals surface area contributed by atoms with Crippen LogP contribution in [-0.4, -0.2) is 21.5 Å². The fraction of sp³-hybridized carbons (Fsp3) is 0.357. The monoisotopic (exact) mass is 240 g/mol. The third kappa shape index (κ3) is 2.32. The second kappa shape index (κ2) is 4.72. The molecule has 0 atom stereocenters. The lowest BCUT2D eigenvalue weighted by molar-refractivity contribution is 0.927. The van der Waals surface area contributed by atoms with E-state index in [-0.39, 0.29) is 0 Å². The van der Waals surface area contributed by atoms with Crippen molar-refractivity contribution in [1.29, 1.82) is 0 Å². The molecule has 0 spiro atoms. The van der Waals surface area contributed by atoms with Crippen molar-refractivity contribution in [1.82, 2.24) is 15.0 Å². The van der Waals surface area contributed by atoms with E-state index in [2.05, 4.69) is 27.2 Å². The summed E-state index contributed by atoms with van der Waals surface area (Å²) in [6.45, 7) is 2.94. The van der Waals surface area contributed by atoms with Gasteiger partial charge in [0.05, 0.1) is 5.69 Å². The first-order chi connectivity index (χ1) is 8.86. The number of hydrogen-bond acceptors (Lipinski definition) is 4. The van der Waals surface area contributed by atoms with Crippen LogP contribution < -0.4 is 5.32 Å². The Labute approximate surface area is 107 Å². The van der Waals surface area contributed by atoms with Crippen molar-refractivity contribution < 1.29 is 0 Å². The van der Waals surface area contributed by atoms with Gasteiger partial charge in [-0.2, -0.15) is 0 Å². The summed E-state index contributed by atoms with van der Waals surface area (Å²) >= 11 is 0. The lowest BCUT2D eigenvalue weighted by Crippen LogP contribution is -2.04. The average Bonchev–Trinajstić information content (AvgIpc) is 3.24. The van der Waals surface area contributed by atoms with Gasteiger partial charge in [0, 0.05) is 36.5 Å². The fourth-order valence-electron chi connectivity index (χ4n) is 1.92. The van der Waals surface area contributed by atoms with Crippen molar-refractivity contribution in [2.24, 2.45) is 0 Å². The van der Waals surface area contributed by atoms with Crippen LogP contribution in [-0.2, 0) is 0 Å². The van der Waals surface area contributed by atoms with Crippen LogP contribution in [0.1, 0.15) is 31.5 Å². The molecule has 92 valence electrons. The van der Waals surface area contributed by atoms with Gasteiger partial charge in [0.1, 0.15) is 11.6 Å². The SMILES string of the molecule is CCNc1cc(-c2cccnc2)nc(C2CC2)n1. The van der Waals surface area contributed by atoms with Crippen LogP contribution in [0.3, 0.4) is 0 Å². The highest BCUT2D eigenvalue weighted by Gasteiger charge is 2.27. The average molecular weight is 240 g/mol. The predicted molar refractivity (Wildman–Crippen MR) is 71.4 cm³/mol. The smallest absolute Gasteiger partial charge is 0.134 e. The summed E-state index contributed by atoms with van der Waals surface area (Å²) in [6, 6.07) is 5.95. The zero-order valence-corrected chi connectivity index (χ0v) is 10.4. The van der Waals surface area contributed by atoms with Gasteiger partial charge in [-0.15, -0.1) is 0 Å². The second-order valence-corrected chi connectivity index (χ2v) is 4.54. The fourth-order valence-corrected chi connectivity index (χ4v) is 1.92. The van der Waals surface area contributed by atoms with Crippen LogP contribution in [0.4, 0.5) is 5.82 Å². The number of aromatic nitrogens is 3. The minimum atomic E-state index is 0.555. The maximum absolute atomic E-state index is 4.66. The molecule has 2 heterocycles. The molecule has 4 heteroatoms. The van der Waals surface area contributed by atoms with Crippen LogP contribution in [0, 0.1) is 0 Å². The highest BCUT2D eigenvalue weighted by molar-refractivity contribution is 5.61. The van der Waals surface area contributed by atoms with Crippen molar-refractivity contribution in [2.45, 2.75) is 25.7 Å². The molecule has 0 unspecified atom stereocenters. The van der Waals surface area contributed by atoms with Crippen LogP contribution in [0.5, 0.6) is 0 Å². The van der Waals surface area contributed by atoms with Gasteiger partial charge in [0.25, 0.3) is 0 Å². The molecule has 1 aliphatic carbocycles. The number of nitrogens with one attached hydrogen (secondary N) is 1. The molecule has 2 aromatic rings. The van der Waals surface area contributed by atoms with Gasteiger partial charge in [-0.05, 0) is 31.9 Å². The molecule has 2 aromatic heterocycles. The summed E-state index contributed by atoms with van der Waals surface area (Å²) in [5.74, 6) is 2.43. The molecule has 1 aliphatic rings. The number of pyridine rings is 1. The van der Waals surface area contributed by atoms with E-state index >= 15 is 0 Å². The van der Waals surface area contributed by atoms with E-state index in [1.54, 1.807) is 6.20 Å². The van der Waals surface area contributed by atoms with Crippen LogP contribution in [0.25, 0.3) is 11.3 Å². The van der Waals surface area contributed by atoms with E-state index in [0.29, 0.717) is 5.92 Å². The Hall–Kier alpha value is -1.97. The first-order valence-electron chi connectivity index (χ1n) is 6.40. The van der Waals surface area contributed by atoms with Gasteiger partial charge in [0.2, 0.25) is 0 Å². The summed E-state index contributed by atoms with van der Waals surface area (Å²) in [5, 5.41) is 3.27. The van der Waals surface area contributed by atoms with Crippen LogP contribution in [0.15, 0.2) is 30.6 Å². The molecule has 0 aliphatic heterocycles. The van der Waals surface area contributed by atoms with Gasteiger partial charge < -0.3 is 5.32 Å². The summed E-state index contributed by atoms with van der Waals surface area (Å²) in [7, 11) is 0. The molecule has 0 saturated heterocycles. The first kappa shape index (κ1) is 11.1. The molecule has 1 fully saturated rings. The molecule has 1 N–H and O–H groups in total. The maximum Gasteiger partial charge on any atom is 0.134 e. The van der Waals surface area contributed by atoms with E-state index in [1.165, 1.54) is 12.8 Å². The zero-order chi connectivity index (χ0) is 12.4. The van der Waals surface area contributed by atoms with Gasteiger partial charge in [-0.1, -0.05) is 0 Å². The second-order valence-electron chi connectivity index (χ2n) is 4.54. The molecule has 0 bridgehead atoms. The Morgan fingerprint density at radius 3 is 2.89 bits per heavy atom. The van der Waals surface area contributed by atoms with Crippen molar-refractivity contribution >= 4 is 5.82 Å². The topological polar surface area (TPSA) is 50.7 Å². The predicted octanol–water partition coefficient (Wildman–Crippen LogP) is 2.85. The quantitative estimate of drug-likeness (QED) is 0.892. The van der Waals surface area contributed by atoms with Crippen molar-refractivity contribution in [3.63, 3.8) is 0 Å². The van der Waals surface area contributed by atoms with E-state index in [0.717, 1.165) is 29.4 Å². The highest BCUT2D eigenvalue weighted by Crippen LogP contribution is 2.39. The van der Waals surface area contributed by atoms with Gasteiger partial charge in [-0.25, -0.2) is 9.97 Å². The van der Waals surface area contributed by atoms with E-state index < -0.39 is 0 Å². The Kier molecular flexibility index (Phi) is 2.92. The van der Waals surface area contributed by atoms with Crippen LogP contribution >= 0.6 is 0 Å². The molecular formula is C14H16N4. The van der Waals surface area contributed by atoms with Crippen LogP contribution in [0.2, 0.25) is 0 Å². The lowest BCUT2D eigenvalue weighted by Gasteiger charge is -2.08. The third-order valence-electron chi connectivity index (χ3n) is 3.00. The van der Waals surface area contributed by atoms with Crippen molar-refractivity contribution in [2.75, 3.05) is 11.9 Å². The number of anilines is 1. The minimum Gasteiger partial charge on any atom is -0.370 e. The van der Waals surface area contributed by atoms with Crippen molar-refractivity contribution in [3.8, 4) is 11.3 Å².